The number of pyridine rings is 1. The summed E-state index contributed by atoms with van der Waals surface area (Å²) in [6.45, 7) is 0. The molecule has 27 heavy (non-hydrogen) atoms. The van der Waals surface area contributed by atoms with Gasteiger partial charge in [-0.3, -0.25) is 9.78 Å². The highest BCUT2D eigenvalue weighted by Gasteiger charge is 2.20. The summed E-state index contributed by atoms with van der Waals surface area (Å²) in [4.78, 5) is 24.8. The summed E-state index contributed by atoms with van der Waals surface area (Å²) in [6, 6.07) is 20.6. The summed E-state index contributed by atoms with van der Waals surface area (Å²) in [5, 5.41) is 3.50. The normalized spacial score (nSPS) is 12.0. The lowest BCUT2D eigenvalue weighted by Crippen LogP contribution is -2.31. The van der Waals surface area contributed by atoms with Crippen LogP contribution in [0.25, 0.3) is 11.0 Å². The van der Waals surface area contributed by atoms with Crippen molar-refractivity contribution < 1.29 is 4.79 Å². The van der Waals surface area contributed by atoms with Crippen molar-refractivity contribution in [2.24, 2.45) is 0 Å². The predicted octanol–water partition coefficient (Wildman–Crippen LogP) is 4.33. The smallest absolute Gasteiger partial charge is 0.270 e. The fourth-order valence-corrected chi connectivity index (χ4v) is 3.12. The Labute approximate surface area is 161 Å². The number of carbonyl (C=O) groups excluding carboxylic acids is 1. The second-order valence-corrected chi connectivity index (χ2v) is 6.65. The topological polar surface area (TPSA) is 70.7 Å². The number of carbonyl (C=O) groups is 1. The first-order valence-corrected chi connectivity index (χ1v) is 8.98. The highest BCUT2D eigenvalue weighted by molar-refractivity contribution is 6.30. The molecule has 0 bridgehead atoms. The van der Waals surface area contributed by atoms with Crippen molar-refractivity contribution in [1.29, 1.82) is 0 Å². The highest BCUT2D eigenvalue weighted by Crippen LogP contribution is 2.20. The summed E-state index contributed by atoms with van der Waals surface area (Å²) < 4.78 is 0. The Balaban J connectivity index is 1.66. The maximum atomic E-state index is 12.7. The number of benzene rings is 2. The molecule has 2 aromatic heterocycles. The van der Waals surface area contributed by atoms with Gasteiger partial charge in [-0.15, -0.1) is 0 Å². The van der Waals surface area contributed by atoms with Gasteiger partial charge < -0.3 is 10.3 Å². The quantitative estimate of drug-likeness (QED) is 0.544. The number of aromatic amines is 1. The van der Waals surface area contributed by atoms with Crippen LogP contribution < -0.4 is 5.32 Å². The van der Waals surface area contributed by atoms with Crippen LogP contribution in [0.5, 0.6) is 0 Å². The van der Waals surface area contributed by atoms with Crippen molar-refractivity contribution in [3.8, 4) is 0 Å². The first-order chi connectivity index (χ1) is 13.2. The number of para-hydroxylation sites is 2. The van der Waals surface area contributed by atoms with Gasteiger partial charge in [0.2, 0.25) is 0 Å². The maximum absolute atomic E-state index is 12.7. The summed E-state index contributed by atoms with van der Waals surface area (Å²) in [6.07, 6.45) is 2.12. The van der Waals surface area contributed by atoms with Crippen molar-refractivity contribution in [2.45, 2.75) is 12.5 Å². The minimum absolute atomic E-state index is 0.275. The van der Waals surface area contributed by atoms with Gasteiger partial charge >= 0.3 is 0 Å². The van der Waals surface area contributed by atoms with Crippen molar-refractivity contribution in [3.05, 3.63) is 95.0 Å². The van der Waals surface area contributed by atoms with Crippen LogP contribution in [0.2, 0.25) is 5.02 Å². The molecule has 0 aliphatic rings. The lowest BCUT2D eigenvalue weighted by molar-refractivity contribution is 0.0930. The van der Waals surface area contributed by atoms with Crippen molar-refractivity contribution in [1.82, 2.24) is 20.3 Å². The van der Waals surface area contributed by atoms with E-state index in [-0.39, 0.29) is 17.6 Å². The van der Waals surface area contributed by atoms with E-state index in [1.807, 2.05) is 54.6 Å². The molecule has 0 radical (unpaired) electrons. The van der Waals surface area contributed by atoms with E-state index >= 15 is 0 Å². The van der Waals surface area contributed by atoms with E-state index in [2.05, 4.69) is 20.3 Å². The molecule has 0 unspecified atom stereocenters. The molecule has 0 aliphatic carbocycles. The number of rotatable bonds is 5. The number of imidazole rings is 1. The molecule has 4 aromatic rings. The molecule has 134 valence electrons. The van der Waals surface area contributed by atoms with Gasteiger partial charge in [0.05, 0.1) is 17.1 Å². The lowest BCUT2D eigenvalue weighted by atomic mass is 10.1. The fourth-order valence-electron chi connectivity index (χ4n) is 2.96. The first kappa shape index (κ1) is 17.2. The van der Waals surface area contributed by atoms with Crippen LogP contribution >= 0.6 is 11.6 Å². The third-order valence-corrected chi connectivity index (χ3v) is 4.52. The zero-order valence-electron chi connectivity index (χ0n) is 14.4. The largest absolute Gasteiger partial charge is 0.340 e. The molecule has 2 N–H and O–H groups in total. The minimum atomic E-state index is -0.326. The molecule has 2 aromatic carbocycles. The Morgan fingerprint density at radius 1 is 1.07 bits per heavy atom. The second-order valence-electron chi connectivity index (χ2n) is 6.21. The van der Waals surface area contributed by atoms with E-state index in [1.54, 1.807) is 12.1 Å². The van der Waals surface area contributed by atoms with Gasteiger partial charge in [-0.1, -0.05) is 54.1 Å². The molecule has 1 amide bonds. The number of aromatic nitrogens is 3. The van der Waals surface area contributed by atoms with E-state index < -0.39 is 0 Å². The number of halogens is 1. The molecule has 0 spiro atoms. The Kier molecular flexibility index (Phi) is 4.85. The molecule has 1 atom stereocenters. The average molecular weight is 377 g/mol. The standard InChI is InChI=1S/C21H17ClN4O/c22-15-10-11-23-19(13-15)21(27)26-18(12-14-6-2-1-3-7-14)20-24-16-8-4-5-9-17(16)25-20/h1-11,13,18H,12H2,(H,24,25)(H,26,27)/t18-/m1/s1. The summed E-state index contributed by atoms with van der Waals surface area (Å²) in [7, 11) is 0. The third kappa shape index (κ3) is 3.99. The molecular weight excluding hydrogens is 360 g/mol. The molecule has 5 nitrogen and oxygen atoms in total. The number of amides is 1. The first-order valence-electron chi connectivity index (χ1n) is 8.60. The second kappa shape index (κ2) is 7.60. The van der Waals surface area contributed by atoms with Gasteiger partial charge in [-0.25, -0.2) is 4.98 Å². The van der Waals surface area contributed by atoms with E-state index in [0.29, 0.717) is 17.3 Å². The summed E-state index contributed by atoms with van der Waals surface area (Å²) in [5.41, 5.74) is 3.17. The molecule has 0 aliphatic heterocycles. The number of H-pyrrole nitrogens is 1. The van der Waals surface area contributed by atoms with E-state index in [1.165, 1.54) is 6.20 Å². The van der Waals surface area contributed by atoms with Crippen LogP contribution in [0.1, 0.15) is 27.9 Å². The van der Waals surface area contributed by atoms with Crippen LogP contribution in [0, 0.1) is 0 Å². The Morgan fingerprint density at radius 2 is 1.85 bits per heavy atom. The van der Waals surface area contributed by atoms with Crippen LogP contribution in [-0.2, 0) is 6.42 Å². The molecule has 2 heterocycles. The van der Waals surface area contributed by atoms with Gasteiger partial charge in [0.25, 0.3) is 5.91 Å². The number of hydrogen-bond donors (Lipinski definition) is 2. The Hall–Kier alpha value is -3.18. The SMILES string of the molecule is O=C(N[C@H](Cc1ccccc1)c1nc2ccccc2[nH]1)c1cc(Cl)ccn1. The van der Waals surface area contributed by atoms with Crippen LogP contribution in [0.15, 0.2) is 72.9 Å². The third-order valence-electron chi connectivity index (χ3n) is 4.28. The molecular formula is C21H17ClN4O. The maximum Gasteiger partial charge on any atom is 0.270 e. The van der Waals surface area contributed by atoms with E-state index in [9.17, 15) is 4.79 Å². The molecule has 6 heteroatoms. The van der Waals surface area contributed by atoms with Crippen molar-refractivity contribution >= 4 is 28.5 Å². The van der Waals surface area contributed by atoms with Crippen LogP contribution in [0.4, 0.5) is 0 Å². The zero-order valence-corrected chi connectivity index (χ0v) is 15.1. The van der Waals surface area contributed by atoms with Crippen molar-refractivity contribution in [3.63, 3.8) is 0 Å². The molecule has 0 saturated carbocycles. The molecule has 0 saturated heterocycles. The minimum Gasteiger partial charge on any atom is -0.340 e. The Bertz CT molecular complexity index is 1040. The van der Waals surface area contributed by atoms with Crippen LogP contribution in [0.3, 0.4) is 0 Å². The van der Waals surface area contributed by atoms with E-state index in [0.717, 1.165) is 16.6 Å². The van der Waals surface area contributed by atoms with Crippen molar-refractivity contribution in [2.75, 3.05) is 0 Å². The van der Waals surface area contributed by atoms with Crippen LogP contribution in [-0.4, -0.2) is 20.9 Å². The van der Waals surface area contributed by atoms with Gasteiger partial charge in [-0.05, 0) is 36.2 Å². The monoisotopic (exact) mass is 376 g/mol. The molecule has 4 rings (SSSR count). The number of nitrogens with zero attached hydrogens (tertiary/aromatic N) is 2. The number of fused-ring (bicyclic) bond motifs is 1. The van der Waals surface area contributed by atoms with Gasteiger partial charge in [0.1, 0.15) is 11.5 Å². The Morgan fingerprint density at radius 3 is 2.63 bits per heavy atom. The van der Waals surface area contributed by atoms with Gasteiger partial charge in [0.15, 0.2) is 0 Å². The van der Waals surface area contributed by atoms with Gasteiger partial charge in [0, 0.05) is 11.2 Å². The fraction of sp³-hybridized carbons (Fsp3) is 0.0952. The zero-order chi connectivity index (χ0) is 18.6. The van der Waals surface area contributed by atoms with E-state index in [4.69, 9.17) is 11.6 Å². The number of hydrogen-bond acceptors (Lipinski definition) is 3. The summed E-state index contributed by atoms with van der Waals surface area (Å²) >= 11 is 5.99. The summed E-state index contributed by atoms with van der Waals surface area (Å²) in [5.74, 6) is 0.411. The lowest BCUT2D eigenvalue weighted by Gasteiger charge is -2.17. The molecule has 0 fully saturated rings. The highest BCUT2D eigenvalue weighted by atomic mass is 35.5. The average Bonchev–Trinajstić information content (AvgIpc) is 3.12. The predicted molar refractivity (Wildman–Crippen MR) is 106 cm³/mol. The number of nitrogens with one attached hydrogen (secondary N) is 2. The van der Waals surface area contributed by atoms with Gasteiger partial charge in [-0.2, -0.15) is 0 Å².